The molecule has 5 heteroatoms. The number of para-hydroxylation sites is 1. The van der Waals surface area contributed by atoms with E-state index in [1.54, 1.807) is 4.90 Å². The average Bonchev–Trinajstić information content (AvgIpc) is 3.22. The number of H-pyrrole nitrogens is 1. The fraction of sp³-hybridized carbons (Fsp3) is 0.130. The molecule has 4 nitrogen and oxygen atoms in total. The first kappa shape index (κ1) is 18.2. The maximum Gasteiger partial charge on any atom is 0.268 e. The lowest BCUT2D eigenvalue weighted by Gasteiger charge is -2.24. The summed E-state index contributed by atoms with van der Waals surface area (Å²) in [6.45, 7) is 4.20. The van der Waals surface area contributed by atoms with Crippen molar-refractivity contribution in [1.82, 2.24) is 4.98 Å². The molecule has 0 aliphatic rings. The number of benzene rings is 2. The molecule has 1 amide bonds. The monoisotopic (exact) mass is 388 g/mol. The Labute approximate surface area is 167 Å². The van der Waals surface area contributed by atoms with Gasteiger partial charge >= 0.3 is 0 Å². The third kappa shape index (κ3) is 3.49. The van der Waals surface area contributed by atoms with E-state index in [9.17, 15) is 9.59 Å². The normalized spacial score (nSPS) is 10.9. The molecule has 0 atom stereocenters. The lowest BCUT2D eigenvalue weighted by atomic mass is 10.1. The first-order chi connectivity index (χ1) is 13.5. The Balaban J connectivity index is 1.81. The zero-order valence-electron chi connectivity index (χ0n) is 15.7. The van der Waals surface area contributed by atoms with E-state index in [0.717, 1.165) is 27.7 Å². The van der Waals surface area contributed by atoms with Crippen molar-refractivity contribution in [2.24, 2.45) is 0 Å². The van der Waals surface area contributed by atoms with Gasteiger partial charge in [-0.2, -0.15) is 0 Å². The molecule has 0 saturated carbocycles. The summed E-state index contributed by atoms with van der Waals surface area (Å²) in [5.74, 6) is -0.104. The number of hydrogen-bond acceptors (Lipinski definition) is 3. The van der Waals surface area contributed by atoms with Crippen LogP contribution in [0.4, 0.5) is 5.69 Å². The second-order valence-corrected chi connectivity index (χ2v) is 7.82. The van der Waals surface area contributed by atoms with Gasteiger partial charge in [-0.15, -0.1) is 11.3 Å². The number of carbonyl (C=O) groups is 1. The molecule has 28 heavy (non-hydrogen) atoms. The molecular weight excluding hydrogens is 368 g/mol. The van der Waals surface area contributed by atoms with E-state index in [0.29, 0.717) is 10.4 Å². The third-order valence-electron chi connectivity index (χ3n) is 4.79. The first-order valence-electron chi connectivity index (χ1n) is 9.06. The highest BCUT2D eigenvalue weighted by Gasteiger charge is 2.21. The summed E-state index contributed by atoms with van der Waals surface area (Å²) in [7, 11) is 0. The molecule has 2 heterocycles. The number of hydrogen-bond donors (Lipinski definition) is 1. The number of nitrogens with one attached hydrogen (secondary N) is 1. The number of pyridine rings is 1. The number of nitrogens with zero attached hydrogens (tertiary/aromatic N) is 1. The SMILES string of the molecule is Cc1ccc2[nH]c(=O)c(CN(C(=O)c3cccs3)c3ccccc3C)cc2c1. The maximum absolute atomic E-state index is 13.2. The van der Waals surface area contributed by atoms with Gasteiger partial charge in [-0.1, -0.05) is 35.9 Å². The van der Waals surface area contributed by atoms with Crippen molar-refractivity contribution in [3.8, 4) is 0 Å². The van der Waals surface area contributed by atoms with E-state index in [1.807, 2.05) is 79.9 Å². The van der Waals surface area contributed by atoms with Crippen LogP contribution in [0.1, 0.15) is 26.4 Å². The molecule has 1 N–H and O–H groups in total. The zero-order valence-corrected chi connectivity index (χ0v) is 16.5. The molecule has 0 aliphatic carbocycles. The summed E-state index contributed by atoms with van der Waals surface area (Å²) >= 11 is 1.40. The first-order valence-corrected chi connectivity index (χ1v) is 9.94. The molecule has 2 aromatic carbocycles. The lowest BCUT2D eigenvalue weighted by molar-refractivity contribution is 0.0989. The number of aromatic amines is 1. The van der Waals surface area contributed by atoms with Gasteiger partial charge in [0.25, 0.3) is 11.5 Å². The van der Waals surface area contributed by atoms with Gasteiger partial charge in [-0.25, -0.2) is 0 Å². The number of amides is 1. The molecule has 4 rings (SSSR count). The summed E-state index contributed by atoms with van der Waals surface area (Å²) < 4.78 is 0. The number of aryl methyl sites for hydroxylation is 2. The van der Waals surface area contributed by atoms with Crippen LogP contribution in [-0.4, -0.2) is 10.9 Å². The molecule has 0 unspecified atom stereocenters. The molecule has 0 radical (unpaired) electrons. The molecule has 0 fully saturated rings. The molecule has 0 saturated heterocycles. The van der Waals surface area contributed by atoms with Crippen molar-refractivity contribution >= 4 is 33.8 Å². The Morgan fingerprint density at radius 1 is 1.04 bits per heavy atom. The summed E-state index contributed by atoms with van der Waals surface area (Å²) in [4.78, 5) is 31.2. The van der Waals surface area contributed by atoms with Crippen LogP contribution in [0.2, 0.25) is 0 Å². The summed E-state index contributed by atoms with van der Waals surface area (Å²) in [5.41, 5.74) is 4.10. The minimum absolute atomic E-state index is 0.104. The summed E-state index contributed by atoms with van der Waals surface area (Å²) in [6, 6.07) is 19.2. The number of aromatic nitrogens is 1. The van der Waals surface area contributed by atoms with Gasteiger partial charge in [-0.3, -0.25) is 9.59 Å². The van der Waals surface area contributed by atoms with Crippen molar-refractivity contribution in [1.29, 1.82) is 0 Å². The largest absolute Gasteiger partial charge is 0.322 e. The van der Waals surface area contributed by atoms with Gasteiger partial charge in [0, 0.05) is 16.8 Å². The summed E-state index contributed by atoms with van der Waals surface area (Å²) in [6.07, 6.45) is 0. The van der Waals surface area contributed by atoms with Crippen LogP contribution in [0.3, 0.4) is 0 Å². The fourth-order valence-electron chi connectivity index (χ4n) is 3.32. The van der Waals surface area contributed by atoms with Gasteiger partial charge in [-0.05, 0) is 60.5 Å². The minimum Gasteiger partial charge on any atom is -0.322 e. The Hall–Kier alpha value is -3.18. The Bertz CT molecular complexity index is 1210. The van der Waals surface area contributed by atoms with Crippen LogP contribution in [-0.2, 0) is 6.54 Å². The van der Waals surface area contributed by atoms with Gasteiger partial charge in [0.2, 0.25) is 0 Å². The lowest BCUT2D eigenvalue weighted by Crippen LogP contribution is -2.33. The van der Waals surface area contributed by atoms with E-state index in [-0.39, 0.29) is 18.0 Å². The van der Waals surface area contributed by atoms with E-state index < -0.39 is 0 Å². The smallest absolute Gasteiger partial charge is 0.268 e. The minimum atomic E-state index is -0.172. The standard InChI is InChI=1S/C23H20N2O2S/c1-15-9-10-19-17(12-15)13-18(22(26)24-19)14-25(20-7-4-3-6-16(20)2)23(27)21-8-5-11-28-21/h3-13H,14H2,1-2H3,(H,24,26). The second-order valence-electron chi connectivity index (χ2n) is 6.87. The number of carbonyl (C=O) groups excluding carboxylic acids is 1. The van der Waals surface area contributed by atoms with Gasteiger partial charge in [0.1, 0.15) is 0 Å². The van der Waals surface area contributed by atoms with E-state index in [2.05, 4.69) is 4.98 Å². The van der Waals surface area contributed by atoms with Gasteiger partial charge < -0.3 is 9.88 Å². The molecule has 0 bridgehead atoms. The maximum atomic E-state index is 13.2. The predicted octanol–water partition coefficient (Wildman–Crippen LogP) is 5.05. The molecule has 0 aliphatic heterocycles. The number of anilines is 1. The highest BCUT2D eigenvalue weighted by atomic mass is 32.1. The number of rotatable bonds is 4. The Morgan fingerprint density at radius 2 is 1.86 bits per heavy atom. The second kappa shape index (κ2) is 7.44. The fourth-order valence-corrected chi connectivity index (χ4v) is 4.00. The van der Waals surface area contributed by atoms with E-state index in [1.165, 1.54) is 11.3 Å². The molecule has 2 aromatic heterocycles. The molecular formula is C23H20N2O2S. The van der Waals surface area contributed by atoms with Crippen molar-refractivity contribution in [3.05, 3.63) is 98.0 Å². The van der Waals surface area contributed by atoms with Gasteiger partial charge in [0.15, 0.2) is 0 Å². The summed E-state index contributed by atoms with van der Waals surface area (Å²) in [5, 5.41) is 2.84. The zero-order chi connectivity index (χ0) is 19.7. The molecule has 4 aromatic rings. The third-order valence-corrected chi connectivity index (χ3v) is 5.65. The topological polar surface area (TPSA) is 53.2 Å². The molecule has 0 spiro atoms. The highest BCUT2D eigenvalue weighted by Crippen LogP contribution is 2.25. The molecule has 140 valence electrons. The van der Waals surface area contributed by atoms with Crippen molar-refractivity contribution < 1.29 is 4.79 Å². The highest BCUT2D eigenvalue weighted by molar-refractivity contribution is 7.12. The van der Waals surface area contributed by atoms with E-state index >= 15 is 0 Å². The van der Waals surface area contributed by atoms with Crippen LogP contribution in [0, 0.1) is 13.8 Å². The number of thiophene rings is 1. The van der Waals surface area contributed by atoms with Crippen molar-refractivity contribution in [2.45, 2.75) is 20.4 Å². The van der Waals surface area contributed by atoms with Crippen LogP contribution in [0.5, 0.6) is 0 Å². The van der Waals surface area contributed by atoms with Crippen molar-refractivity contribution in [2.75, 3.05) is 4.90 Å². The van der Waals surface area contributed by atoms with Crippen LogP contribution in [0.15, 0.2) is 70.8 Å². The Morgan fingerprint density at radius 3 is 2.61 bits per heavy atom. The van der Waals surface area contributed by atoms with Crippen LogP contribution in [0.25, 0.3) is 10.9 Å². The predicted molar refractivity (Wildman–Crippen MR) is 115 cm³/mol. The Kier molecular flexibility index (Phi) is 4.84. The number of fused-ring (bicyclic) bond motifs is 1. The van der Waals surface area contributed by atoms with Crippen molar-refractivity contribution in [3.63, 3.8) is 0 Å². The van der Waals surface area contributed by atoms with E-state index in [4.69, 9.17) is 0 Å². The van der Waals surface area contributed by atoms with Crippen LogP contribution >= 0.6 is 11.3 Å². The van der Waals surface area contributed by atoms with Gasteiger partial charge in [0.05, 0.1) is 11.4 Å². The van der Waals surface area contributed by atoms with Crippen LogP contribution < -0.4 is 10.5 Å². The average molecular weight is 388 g/mol. The quantitative estimate of drug-likeness (QED) is 0.532.